The molecule has 0 aliphatic rings. The van der Waals surface area contributed by atoms with Gasteiger partial charge in [-0.15, -0.1) is 0 Å². The Morgan fingerprint density at radius 3 is 2.55 bits per heavy atom. The van der Waals surface area contributed by atoms with Crippen molar-refractivity contribution in [1.29, 1.82) is 0 Å². The second kappa shape index (κ2) is 7.73. The summed E-state index contributed by atoms with van der Waals surface area (Å²) in [7, 11) is 1.58. The summed E-state index contributed by atoms with van der Waals surface area (Å²) in [6, 6.07) is 0. The Morgan fingerprint density at radius 2 is 2.09 bits per heavy atom. The Hall–Kier alpha value is -0.370. The van der Waals surface area contributed by atoms with Crippen molar-refractivity contribution in [2.75, 3.05) is 7.11 Å². The molecule has 0 spiro atoms. The van der Waals surface area contributed by atoms with E-state index in [0.717, 1.165) is 19.1 Å². The highest BCUT2D eigenvalue weighted by Gasteiger charge is 2.02. The van der Waals surface area contributed by atoms with Crippen molar-refractivity contribution in [3.05, 3.63) is 0 Å². The van der Waals surface area contributed by atoms with Crippen LogP contribution in [0.4, 0.5) is 0 Å². The molecule has 0 N–H and O–H groups in total. The standard InChI is InChI=1S/C9H18O2/c1-3-4-5-6-7-9(8-10)11-2/h8-9H,3-7H2,1-2H3. The third-order valence-corrected chi connectivity index (χ3v) is 1.80. The number of methoxy groups -OCH3 is 1. The number of hydrogen-bond donors (Lipinski definition) is 0. The summed E-state index contributed by atoms with van der Waals surface area (Å²) in [4.78, 5) is 10.3. The maximum Gasteiger partial charge on any atom is 0.148 e. The number of carbonyl (C=O) groups excluding carboxylic acids is 1. The van der Waals surface area contributed by atoms with Crippen LogP contribution in [-0.2, 0) is 9.53 Å². The van der Waals surface area contributed by atoms with Crippen molar-refractivity contribution >= 4 is 6.29 Å². The molecule has 0 aromatic heterocycles. The maximum absolute atomic E-state index is 10.3. The Labute approximate surface area is 68.9 Å². The first-order valence-corrected chi connectivity index (χ1v) is 4.33. The predicted octanol–water partition coefficient (Wildman–Crippen LogP) is 2.17. The summed E-state index contributed by atoms with van der Waals surface area (Å²) in [5.74, 6) is 0. The van der Waals surface area contributed by atoms with E-state index in [1.165, 1.54) is 19.3 Å². The van der Waals surface area contributed by atoms with E-state index in [2.05, 4.69) is 6.92 Å². The quantitative estimate of drug-likeness (QED) is 0.419. The van der Waals surface area contributed by atoms with E-state index in [9.17, 15) is 4.79 Å². The van der Waals surface area contributed by atoms with Gasteiger partial charge in [-0.2, -0.15) is 0 Å². The lowest BCUT2D eigenvalue weighted by atomic mass is 10.1. The van der Waals surface area contributed by atoms with Gasteiger partial charge in [-0.1, -0.05) is 32.6 Å². The van der Waals surface area contributed by atoms with Gasteiger partial charge in [-0.05, 0) is 6.42 Å². The number of rotatable bonds is 7. The fourth-order valence-electron chi connectivity index (χ4n) is 1.01. The molecule has 0 aromatic carbocycles. The van der Waals surface area contributed by atoms with Gasteiger partial charge in [-0.3, -0.25) is 0 Å². The molecule has 0 radical (unpaired) electrons. The zero-order chi connectivity index (χ0) is 8.53. The monoisotopic (exact) mass is 158 g/mol. The Kier molecular flexibility index (Phi) is 7.47. The molecule has 11 heavy (non-hydrogen) atoms. The average molecular weight is 158 g/mol. The van der Waals surface area contributed by atoms with Crippen molar-refractivity contribution in [1.82, 2.24) is 0 Å². The van der Waals surface area contributed by atoms with Gasteiger partial charge in [0.25, 0.3) is 0 Å². The molecule has 0 bridgehead atoms. The van der Waals surface area contributed by atoms with E-state index < -0.39 is 0 Å². The molecule has 2 nitrogen and oxygen atoms in total. The topological polar surface area (TPSA) is 26.3 Å². The van der Waals surface area contributed by atoms with Crippen LogP contribution in [0, 0.1) is 0 Å². The summed E-state index contributed by atoms with van der Waals surface area (Å²) < 4.78 is 4.91. The average Bonchev–Trinajstić information content (AvgIpc) is 2.05. The first kappa shape index (κ1) is 10.6. The summed E-state index contributed by atoms with van der Waals surface area (Å²) in [5.41, 5.74) is 0. The zero-order valence-corrected chi connectivity index (χ0v) is 7.51. The minimum Gasteiger partial charge on any atom is -0.374 e. The molecule has 0 aromatic rings. The van der Waals surface area contributed by atoms with E-state index in [1.54, 1.807) is 7.11 Å². The normalized spacial score (nSPS) is 12.9. The number of carbonyl (C=O) groups is 1. The van der Waals surface area contributed by atoms with Gasteiger partial charge in [0, 0.05) is 7.11 Å². The third-order valence-electron chi connectivity index (χ3n) is 1.80. The SMILES string of the molecule is CCCCCCC(C=O)OC. The third kappa shape index (κ3) is 6.05. The van der Waals surface area contributed by atoms with Gasteiger partial charge in [0.2, 0.25) is 0 Å². The van der Waals surface area contributed by atoms with Gasteiger partial charge in [-0.25, -0.2) is 0 Å². The Morgan fingerprint density at radius 1 is 1.36 bits per heavy atom. The number of ether oxygens (including phenoxy) is 1. The molecule has 0 saturated heterocycles. The summed E-state index contributed by atoms with van der Waals surface area (Å²) in [6.07, 6.45) is 6.39. The van der Waals surface area contributed by atoms with Crippen molar-refractivity contribution in [3.63, 3.8) is 0 Å². The van der Waals surface area contributed by atoms with E-state index in [-0.39, 0.29) is 6.10 Å². The predicted molar refractivity (Wildman–Crippen MR) is 45.6 cm³/mol. The number of aldehydes is 1. The van der Waals surface area contributed by atoms with E-state index in [0.29, 0.717) is 0 Å². The first-order chi connectivity index (χ1) is 5.35. The molecule has 0 aliphatic heterocycles. The van der Waals surface area contributed by atoms with Crippen LogP contribution in [0.15, 0.2) is 0 Å². The molecule has 1 unspecified atom stereocenters. The number of hydrogen-bond acceptors (Lipinski definition) is 2. The van der Waals surface area contributed by atoms with Gasteiger partial charge in [0.15, 0.2) is 0 Å². The lowest BCUT2D eigenvalue weighted by molar-refractivity contribution is -0.116. The van der Waals surface area contributed by atoms with Gasteiger partial charge in [0.1, 0.15) is 12.4 Å². The molecule has 0 rings (SSSR count). The Balaban J connectivity index is 3.14. The Bertz CT molecular complexity index is 91.6. The molecular weight excluding hydrogens is 140 g/mol. The van der Waals surface area contributed by atoms with Crippen molar-refractivity contribution < 1.29 is 9.53 Å². The molecule has 0 amide bonds. The molecule has 2 heteroatoms. The lowest BCUT2D eigenvalue weighted by Gasteiger charge is -2.06. The van der Waals surface area contributed by atoms with Crippen LogP contribution in [0.3, 0.4) is 0 Å². The lowest BCUT2D eigenvalue weighted by Crippen LogP contribution is -2.11. The molecule has 0 aliphatic carbocycles. The summed E-state index contributed by atoms with van der Waals surface area (Å²) in [5, 5.41) is 0. The summed E-state index contributed by atoms with van der Waals surface area (Å²) >= 11 is 0. The first-order valence-electron chi connectivity index (χ1n) is 4.33. The maximum atomic E-state index is 10.3. The summed E-state index contributed by atoms with van der Waals surface area (Å²) in [6.45, 7) is 2.17. The largest absolute Gasteiger partial charge is 0.374 e. The molecule has 0 saturated carbocycles. The van der Waals surface area contributed by atoms with Crippen molar-refractivity contribution in [2.45, 2.75) is 45.1 Å². The molecule has 0 heterocycles. The highest BCUT2D eigenvalue weighted by Crippen LogP contribution is 2.05. The minimum absolute atomic E-state index is 0.174. The van der Waals surface area contributed by atoms with E-state index in [4.69, 9.17) is 4.74 Å². The molecule has 1 atom stereocenters. The van der Waals surface area contributed by atoms with Crippen LogP contribution in [0.5, 0.6) is 0 Å². The van der Waals surface area contributed by atoms with Crippen LogP contribution >= 0.6 is 0 Å². The highest BCUT2D eigenvalue weighted by atomic mass is 16.5. The van der Waals surface area contributed by atoms with Crippen LogP contribution in [-0.4, -0.2) is 19.5 Å². The second-order valence-corrected chi connectivity index (χ2v) is 2.76. The van der Waals surface area contributed by atoms with Gasteiger partial charge >= 0.3 is 0 Å². The number of unbranched alkanes of at least 4 members (excludes halogenated alkanes) is 3. The smallest absolute Gasteiger partial charge is 0.148 e. The van der Waals surface area contributed by atoms with Crippen LogP contribution < -0.4 is 0 Å². The van der Waals surface area contributed by atoms with Crippen LogP contribution in [0.2, 0.25) is 0 Å². The highest BCUT2D eigenvalue weighted by molar-refractivity contribution is 5.55. The van der Waals surface area contributed by atoms with Crippen LogP contribution in [0.25, 0.3) is 0 Å². The van der Waals surface area contributed by atoms with E-state index in [1.807, 2.05) is 0 Å². The fraction of sp³-hybridized carbons (Fsp3) is 0.889. The van der Waals surface area contributed by atoms with Crippen LogP contribution in [0.1, 0.15) is 39.0 Å². The molecule has 66 valence electrons. The molecular formula is C9H18O2. The van der Waals surface area contributed by atoms with Gasteiger partial charge in [0.05, 0.1) is 0 Å². The van der Waals surface area contributed by atoms with Crippen molar-refractivity contribution in [3.8, 4) is 0 Å². The fourth-order valence-corrected chi connectivity index (χ4v) is 1.01. The second-order valence-electron chi connectivity index (χ2n) is 2.76. The zero-order valence-electron chi connectivity index (χ0n) is 7.51. The molecule has 0 fully saturated rings. The minimum atomic E-state index is -0.174. The van der Waals surface area contributed by atoms with E-state index >= 15 is 0 Å². The van der Waals surface area contributed by atoms with Gasteiger partial charge < -0.3 is 9.53 Å². The van der Waals surface area contributed by atoms with Crippen molar-refractivity contribution in [2.24, 2.45) is 0 Å².